The van der Waals surface area contributed by atoms with Crippen LogP contribution < -0.4 is 21.3 Å². The van der Waals surface area contributed by atoms with Gasteiger partial charge in [-0.05, 0) is 54.5 Å². The van der Waals surface area contributed by atoms with E-state index in [1.807, 2.05) is 24.5 Å². The Morgan fingerprint density at radius 1 is 1.11 bits per heavy atom. The molecular formula is C28H31F2N7. The molecule has 3 aliphatic rings. The van der Waals surface area contributed by atoms with Crippen LogP contribution in [0.3, 0.4) is 0 Å². The quantitative estimate of drug-likeness (QED) is 0.452. The summed E-state index contributed by atoms with van der Waals surface area (Å²) >= 11 is 0. The van der Waals surface area contributed by atoms with Gasteiger partial charge in [-0.1, -0.05) is 12.1 Å². The van der Waals surface area contributed by atoms with Crippen molar-refractivity contribution in [3.63, 3.8) is 0 Å². The van der Waals surface area contributed by atoms with Crippen LogP contribution in [-0.4, -0.2) is 55.4 Å². The Morgan fingerprint density at radius 2 is 1.89 bits per heavy atom. The summed E-state index contributed by atoms with van der Waals surface area (Å²) in [5, 5.41) is 14.3. The van der Waals surface area contributed by atoms with E-state index in [4.69, 9.17) is 16.1 Å². The van der Waals surface area contributed by atoms with Crippen LogP contribution in [-0.2, 0) is 6.54 Å². The van der Waals surface area contributed by atoms with Gasteiger partial charge in [-0.15, -0.1) is 0 Å². The molecule has 2 aromatic rings. The minimum Gasteiger partial charge on any atom is -0.396 e. The summed E-state index contributed by atoms with van der Waals surface area (Å²) in [6.45, 7) is 4.85. The molecule has 9 heteroatoms. The number of allylic oxidation sites excluding steroid dienone is 4. The number of piperazine rings is 1. The average Bonchev–Trinajstić information content (AvgIpc) is 2.95. The highest BCUT2D eigenvalue weighted by molar-refractivity contribution is 5.90. The second-order valence-electron chi connectivity index (χ2n) is 9.33. The highest BCUT2D eigenvalue weighted by Crippen LogP contribution is 2.31. The molecule has 1 aromatic heterocycles. The van der Waals surface area contributed by atoms with Crippen LogP contribution in [0.4, 0.5) is 14.6 Å². The predicted molar refractivity (Wildman–Crippen MR) is 143 cm³/mol. The molecule has 0 amide bonds. The lowest BCUT2D eigenvalue weighted by Crippen LogP contribution is -2.46. The molecule has 1 fully saturated rings. The number of hydrogen-bond donors (Lipinski definition) is 4. The molecule has 0 radical (unpaired) electrons. The monoisotopic (exact) mass is 503 g/mol. The van der Waals surface area contributed by atoms with Crippen LogP contribution in [0.1, 0.15) is 17.5 Å². The number of anilines is 1. The molecule has 0 saturated carbocycles. The van der Waals surface area contributed by atoms with E-state index in [0.29, 0.717) is 37.6 Å². The number of nitrogens with two attached hydrogens (primary N) is 1. The van der Waals surface area contributed by atoms with Crippen molar-refractivity contribution in [1.29, 1.82) is 5.41 Å². The second kappa shape index (κ2) is 11.1. The molecule has 1 saturated heterocycles. The molecule has 0 atom stereocenters. The first-order valence-electron chi connectivity index (χ1n) is 12.5. The van der Waals surface area contributed by atoms with Crippen molar-refractivity contribution in [2.45, 2.75) is 13.0 Å². The molecule has 0 spiro atoms. The molecule has 1 aromatic carbocycles. The summed E-state index contributed by atoms with van der Waals surface area (Å²) in [7, 11) is 0. The maximum atomic E-state index is 14.0. The van der Waals surface area contributed by atoms with Gasteiger partial charge in [0.2, 0.25) is 0 Å². The van der Waals surface area contributed by atoms with E-state index in [9.17, 15) is 8.78 Å². The summed E-state index contributed by atoms with van der Waals surface area (Å²) in [5.74, 6) is -0.150. The van der Waals surface area contributed by atoms with Crippen molar-refractivity contribution in [2.75, 3.05) is 44.2 Å². The third-order valence-corrected chi connectivity index (χ3v) is 7.02. The Kier molecular flexibility index (Phi) is 7.43. The molecular weight excluding hydrogens is 472 g/mol. The molecule has 0 bridgehead atoms. The summed E-state index contributed by atoms with van der Waals surface area (Å²) in [6.07, 6.45) is 10.2. The lowest BCUT2D eigenvalue weighted by atomic mass is 9.92. The van der Waals surface area contributed by atoms with E-state index in [1.54, 1.807) is 0 Å². The van der Waals surface area contributed by atoms with E-state index >= 15 is 0 Å². The van der Waals surface area contributed by atoms with Crippen molar-refractivity contribution in [3.8, 4) is 0 Å². The topological polar surface area (TPSA) is 93.3 Å². The minimum atomic E-state index is -0.502. The van der Waals surface area contributed by atoms with Crippen molar-refractivity contribution < 1.29 is 8.78 Å². The minimum absolute atomic E-state index is 0.120. The fourth-order valence-electron chi connectivity index (χ4n) is 4.88. The number of pyridine rings is 1. The number of benzene rings is 1. The summed E-state index contributed by atoms with van der Waals surface area (Å²) < 4.78 is 28.1. The lowest BCUT2D eigenvalue weighted by Gasteiger charge is -2.35. The molecule has 5 rings (SSSR count). The number of nitrogens with one attached hydrogen (secondary N) is 3. The third kappa shape index (κ3) is 5.47. The van der Waals surface area contributed by atoms with Crippen LogP contribution in [0, 0.1) is 17.0 Å². The summed E-state index contributed by atoms with van der Waals surface area (Å²) in [4.78, 5) is 8.97. The molecule has 192 valence electrons. The fourth-order valence-corrected chi connectivity index (χ4v) is 4.88. The van der Waals surface area contributed by atoms with Crippen LogP contribution >= 0.6 is 0 Å². The number of halogens is 2. The maximum Gasteiger partial charge on any atom is 0.130 e. The van der Waals surface area contributed by atoms with Crippen LogP contribution in [0.5, 0.6) is 0 Å². The van der Waals surface area contributed by atoms with Crippen molar-refractivity contribution in [1.82, 2.24) is 20.5 Å². The first kappa shape index (κ1) is 24.9. The molecule has 0 aliphatic carbocycles. The second-order valence-corrected chi connectivity index (χ2v) is 9.33. The molecule has 4 heterocycles. The zero-order valence-corrected chi connectivity index (χ0v) is 20.6. The van der Waals surface area contributed by atoms with E-state index in [1.165, 1.54) is 23.8 Å². The number of nitrogens with zero attached hydrogens (tertiary/aromatic N) is 3. The zero-order valence-electron chi connectivity index (χ0n) is 20.6. The highest BCUT2D eigenvalue weighted by atomic mass is 19.1. The van der Waals surface area contributed by atoms with Gasteiger partial charge in [0.25, 0.3) is 0 Å². The van der Waals surface area contributed by atoms with Gasteiger partial charge in [-0.2, -0.15) is 0 Å². The van der Waals surface area contributed by atoms with Gasteiger partial charge >= 0.3 is 0 Å². The molecule has 0 unspecified atom stereocenters. The van der Waals surface area contributed by atoms with Crippen LogP contribution in [0.25, 0.3) is 5.57 Å². The van der Waals surface area contributed by atoms with E-state index in [2.05, 4.69) is 32.6 Å². The lowest BCUT2D eigenvalue weighted by molar-refractivity contribution is 0.242. The van der Waals surface area contributed by atoms with Crippen molar-refractivity contribution >= 4 is 17.6 Å². The summed E-state index contributed by atoms with van der Waals surface area (Å²) in [6, 6.07) is 8.00. The van der Waals surface area contributed by atoms with E-state index < -0.39 is 11.6 Å². The number of aromatic nitrogens is 1. The van der Waals surface area contributed by atoms with Gasteiger partial charge in [0.1, 0.15) is 17.5 Å². The predicted octanol–water partition coefficient (Wildman–Crippen LogP) is 3.29. The first-order valence-corrected chi connectivity index (χ1v) is 12.5. The molecule has 37 heavy (non-hydrogen) atoms. The van der Waals surface area contributed by atoms with Gasteiger partial charge in [0, 0.05) is 74.6 Å². The molecule has 3 aliphatic heterocycles. The fraction of sp³-hybridized carbons (Fsp3) is 0.286. The van der Waals surface area contributed by atoms with E-state index in [-0.39, 0.29) is 12.1 Å². The Morgan fingerprint density at radius 3 is 2.54 bits per heavy atom. The highest BCUT2D eigenvalue weighted by Gasteiger charge is 2.22. The van der Waals surface area contributed by atoms with Gasteiger partial charge in [-0.25, -0.2) is 13.8 Å². The standard InChI is InChI=1S/C28H31F2N7/c29-24-2-1-3-25(30)23(24)18-36-10-12-37(13-11-36)27-5-4-20(16-34-27)22-14-21(19-6-8-33-9-7-19)17-35-28(22)26(32)15-31/h1-6,14-17,31,33,35H,7-13,18,32H2/b28-26+,31-15?. The van der Waals surface area contributed by atoms with Gasteiger partial charge in [0.15, 0.2) is 0 Å². The molecule has 5 N–H and O–H groups in total. The largest absolute Gasteiger partial charge is 0.396 e. The Hall–Kier alpha value is -3.82. The number of dihydropyridines is 1. The zero-order chi connectivity index (χ0) is 25.8. The molecule has 7 nitrogen and oxygen atoms in total. The Labute approximate surface area is 215 Å². The third-order valence-electron chi connectivity index (χ3n) is 7.02. The van der Waals surface area contributed by atoms with Crippen LogP contribution in [0.15, 0.2) is 77.4 Å². The Balaban J connectivity index is 1.30. The number of rotatable bonds is 6. The summed E-state index contributed by atoms with van der Waals surface area (Å²) in [5.41, 5.74) is 11.5. The van der Waals surface area contributed by atoms with Gasteiger partial charge in [-0.3, -0.25) is 4.90 Å². The Bertz CT molecular complexity index is 1270. The van der Waals surface area contributed by atoms with Crippen LogP contribution in [0.2, 0.25) is 0 Å². The van der Waals surface area contributed by atoms with E-state index in [0.717, 1.165) is 48.3 Å². The first-order chi connectivity index (χ1) is 18.0. The van der Waals surface area contributed by atoms with Gasteiger partial charge < -0.3 is 26.7 Å². The van der Waals surface area contributed by atoms with Crippen molar-refractivity contribution in [3.05, 3.63) is 100 Å². The smallest absolute Gasteiger partial charge is 0.130 e. The van der Waals surface area contributed by atoms with Crippen molar-refractivity contribution in [2.24, 2.45) is 5.73 Å². The normalized spacial score (nSPS) is 19.9. The average molecular weight is 504 g/mol. The van der Waals surface area contributed by atoms with Gasteiger partial charge in [0.05, 0.1) is 11.4 Å². The maximum absolute atomic E-state index is 14.0. The number of hydrogen-bond acceptors (Lipinski definition) is 7. The SMILES string of the molecule is N=C/C(N)=C1\NC=C(C2=CCNCC2)C=C1c1ccc(N2CCN(Cc3c(F)cccc3F)CC2)nc1.